The van der Waals surface area contributed by atoms with Crippen LogP contribution in [0.3, 0.4) is 0 Å². The van der Waals surface area contributed by atoms with Crippen molar-refractivity contribution < 1.29 is 22.7 Å². The molecule has 1 aliphatic heterocycles. The Morgan fingerprint density at radius 2 is 1.72 bits per heavy atom. The molecule has 0 radical (unpaired) electrons. The van der Waals surface area contributed by atoms with Gasteiger partial charge >= 0.3 is 0 Å². The SMILES string of the molecule is CCS(=O)(=O)N(CC(=O)N(C)Cc1ccc(Cl)cc1)c1ccc2c(c1)OCCO2. The van der Waals surface area contributed by atoms with E-state index in [0.29, 0.717) is 42.0 Å². The molecule has 3 rings (SSSR count). The van der Waals surface area contributed by atoms with E-state index in [9.17, 15) is 13.2 Å². The van der Waals surface area contributed by atoms with Gasteiger partial charge in [-0.15, -0.1) is 0 Å². The van der Waals surface area contributed by atoms with Crippen molar-refractivity contribution in [3.05, 3.63) is 53.1 Å². The number of nitrogens with zero attached hydrogens (tertiary/aromatic N) is 2. The third-order valence-corrected chi connectivity index (χ3v) is 6.55. The summed E-state index contributed by atoms with van der Waals surface area (Å²) in [5, 5.41) is 0.613. The summed E-state index contributed by atoms with van der Waals surface area (Å²) in [5.74, 6) is 0.564. The molecular weight excluding hydrogens is 416 g/mol. The molecule has 0 saturated heterocycles. The predicted octanol–water partition coefficient (Wildman–Crippen LogP) is 2.93. The van der Waals surface area contributed by atoms with E-state index in [1.165, 1.54) is 4.90 Å². The van der Waals surface area contributed by atoms with Gasteiger partial charge in [-0.05, 0) is 36.8 Å². The highest BCUT2D eigenvalue weighted by molar-refractivity contribution is 7.92. The minimum Gasteiger partial charge on any atom is -0.486 e. The lowest BCUT2D eigenvalue weighted by Crippen LogP contribution is -2.42. The minimum atomic E-state index is -3.67. The van der Waals surface area contributed by atoms with Gasteiger partial charge in [-0.25, -0.2) is 8.42 Å². The van der Waals surface area contributed by atoms with Gasteiger partial charge in [0.25, 0.3) is 0 Å². The van der Waals surface area contributed by atoms with Gasteiger partial charge in [0.05, 0.1) is 11.4 Å². The minimum absolute atomic E-state index is 0.129. The largest absolute Gasteiger partial charge is 0.486 e. The summed E-state index contributed by atoms with van der Waals surface area (Å²) in [5.41, 5.74) is 1.26. The van der Waals surface area contributed by atoms with Gasteiger partial charge in [0, 0.05) is 24.7 Å². The zero-order chi connectivity index (χ0) is 21.0. The van der Waals surface area contributed by atoms with Crippen LogP contribution in [-0.2, 0) is 21.4 Å². The van der Waals surface area contributed by atoms with Crippen molar-refractivity contribution in [2.75, 3.05) is 36.9 Å². The maximum Gasteiger partial charge on any atom is 0.243 e. The Hall–Kier alpha value is -2.45. The fraction of sp³-hybridized carbons (Fsp3) is 0.350. The van der Waals surface area contributed by atoms with Gasteiger partial charge in [0.2, 0.25) is 15.9 Å². The molecule has 0 N–H and O–H groups in total. The molecule has 2 aromatic rings. The van der Waals surface area contributed by atoms with Gasteiger partial charge in [-0.1, -0.05) is 23.7 Å². The van der Waals surface area contributed by atoms with E-state index in [2.05, 4.69) is 0 Å². The molecule has 7 nitrogen and oxygen atoms in total. The summed E-state index contributed by atoms with van der Waals surface area (Å²) < 4.78 is 37.5. The second-order valence-corrected chi connectivity index (χ2v) is 9.23. The molecule has 0 fully saturated rings. The van der Waals surface area contributed by atoms with Crippen molar-refractivity contribution in [3.8, 4) is 11.5 Å². The van der Waals surface area contributed by atoms with Crippen LogP contribution in [0.2, 0.25) is 5.02 Å². The molecular formula is C20H23ClN2O5S. The van der Waals surface area contributed by atoms with E-state index in [-0.39, 0.29) is 18.2 Å². The number of benzene rings is 2. The van der Waals surface area contributed by atoms with E-state index in [4.69, 9.17) is 21.1 Å². The lowest BCUT2D eigenvalue weighted by atomic mass is 10.2. The van der Waals surface area contributed by atoms with E-state index in [0.717, 1.165) is 9.87 Å². The van der Waals surface area contributed by atoms with Crippen LogP contribution in [0.15, 0.2) is 42.5 Å². The molecule has 0 atom stereocenters. The van der Waals surface area contributed by atoms with Crippen LogP contribution in [0.4, 0.5) is 5.69 Å². The van der Waals surface area contributed by atoms with E-state index in [1.54, 1.807) is 44.3 Å². The average Bonchev–Trinajstić information content (AvgIpc) is 2.73. The van der Waals surface area contributed by atoms with Crippen LogP contribution < -0.4 is 13.8 Å². The molecule has 1 aliphatic rings. The quantitative estimate of drug-likeness (QED) is 0.664. The molecule has 29 heavy (non-hydrogen) atoms. The fourth-order valence-corrected chi connectivity index (χ4v) is 4.07. The summed E-state index contributed by atoms with van der Waals surface area (Å²) in [6, 6.07) is 12.0. The van der Waals surface area contributed by atoms with E-state index >= 15 is 0 Å². The van der Waals surface area contributed by atoms with Gasteiger partial charge in [0.15, 0.2) is 11.5 Å². The summed E-state index contributed by atoms with van der Waals surface area (Å²) in [4.78, 5) is 14.3. The fourth-order valence-electron chi connectivity index (χ4n) is 2.89. The first-order chi connectivity index (χ1) is 13.8. The first-order valence-electron chi connectivity index (χ1n) is 9.18. The third kappa shape index (κ3) is 5.13. The molecule has 1 amide bonds. The Labute approximate surface area is 175 Å². The molecule has 2 aromatic carbocycles. The Kier molecular flexibility index (Phi) is 6.54. The number of fused-ring (bicyclic) bond motifs is 1. The van der Waals surface area contributed by atoms with E-state index < -0.39 is 10.0 Å². The Balaban J connectivity index is 1.80. The highest BCUT2D eigenvalue weighted by atomic mass is 35.5. The monoisotopic (exact) mass is 438 g/mol. The van der Waals surface area contributed by atoms with Gasteiger partial charge in [-0.3, -0.25) is 9.10 Å². The molecule has 0 bridgehead atoms. The number of likely N-dealkylation sites (N-methyl/N-ethyl adjacent to an activating group) is 1. The molecule has 0 unspecified atom stereocenters. The maximum absolute atomic E-state index is 12.8. The zero-order valence-electron chi connectivity index (χ0n) is 16.3. The third-order valence-electron chi connectivity index (χ3n) is 4.55. The summed E-state index contributed by atoms with van der Waals surface area (Å²) in [7, 11) is -2.04. The molecule has 0 aliphatic carbocycles. The van der Waals surface area contributed by atoms with Crippen molar-refractivity contribution in [1.29, 1.82) is 0 Å². The number of carbonyl (C=O) groups is 1. The van der Waals surface area contributed by atoms with Crippen LogP contribution in [-0.4, -0.2) is 51.8 Å². The molecule has 156 valence electrons. The smallest absolute Gasteiger partial charge is 0.243 e. The van der Waals surface area contributed by atoms with Crippen molar-refractivity contribution in [1.82, 2.24) is 4.90 Å². The number of anilines is 1. The lowest BCUT2D eigenvalue weighted by Gasteiger charge is -2.27. The summed E-state index contributed by atoms with van der Waals surface area (Å²) >= 11 is 5.89. The topological polar surface area (TPSA) is 76.2 Å². The van der Waals surface area contributed by atoms with Crippen LogP contribution in [0.5, 0.6) is 11.5 Å². The second kappa shape index (κ2) is 8.92. The number of amides is 1. The van der Waals surface area contributed by atoms with Crippen LogP contribution >= 0.6 is 11.6 Å². The summed E-state index contributed by atoms with van der Waals surface area (Å²) in [6.45, 7) is 2.41. The number of sulfonamides is 1. The van der Waals surface area contributed by atoms with Gasteiger partial charge in [0.1, 0.15) is 19.8 Å². The Bertz CT molecular complexity index is 979. The number of ether oxygens (including phenoxy) is 2. The second-order valence-electron chi connectivity index (χ2n) is 6.61. The first kappa shape index (κ1) is 21.3. The van der Waals surface area contributed by atoms with Crippen LogP contribution in [0, 0.1) is 0 Å². The lowest BCUT2D eigenvalue weighted by molar-refractivity contribution is -0.128. The number of hydrogen-bond donors (Lipinski definition) is 0. The number of rotatable bonds is 7. The number of halogens is 1. The Morgan fingerprint density at radius 3 is 2.38 bits per heavy atom. The van der Waals surface area contributed by atoms with Crippen molar-refractivity contribution in [3.63, 3.8) is 0 Å². The highest BCUT2D eigenvalue weighted by Gasteiger charge is 2.26. The van der Waals surface area contributed by atoms with E-state index in [1.807, 2.05) is 12.1 Å². The highest BCUT2D eigenvalue weighted by Crippen LogP contribution is 2.34. The van der Waals surface area contributed by atoms with Gasteiger partial charge in [-0.2, -0.15) is 0 Å². The number of carbonyl (C=O) groups excluding carboxylic acids is 1. The molecule has 9 heteroatoms. The standard InChI is InChI=1S/C20H23ClN2O5S/c1-3-29(25,26)23(17-8-9-18-19(12-17)28-11-10-27-18)14-20(24)22(2)13-15-4-6-16(21)7-5-15/h4-9,12H,3,10-11,13-14H2,1-2H3. The van der Waals surface area contributed by atoms with Crippen molar-refractivity contribution in [2.45, 2.75) is 13.5 Å². The zero-order valence-corrected chi connectivity index (χ0v) is 17.9. The molecule has 0 spiro atoms. The van der Waals surface area contributed by atoms with Crippen LogP contribution in [0.1, 0.15) is 12.5 Å². The molecule has 1 heterocycles. The predicted molar refractivity (Wildman–Crippen MR) is 112 cm³/mol. The molecule has 0 saturated carbocycles. The summed E-state index contributed by atoms with van der Waals surface area (Å²) in [6.07, 6.45) is 0. The normalized spacial score (nSPS) is 13.1. The average molecular weight is 439 g/mol. The molecule has 0 aromatic heterocycles. The first-order valence-corrected chi connectivity index (χ1v) is 11.2. The Morgan fingerprint density at radius 1 is 1.07 bits per heavy atom. The maximum atomic E-state index is 12.8. The number of hydrogen-bond acceptors (Lipinski definition) is 5. The van der Waals surface area contributed by atoms with Crippen molar-refractivity contribution >= 4 is 33.2 Å². The van der Waals surface area contributed by atoms with Gasteiger partial charge < -0.3 is 14.4 Å². The van der Waals surface area contributed by atoms with Crippen molar-refractivity contribution in [2.24, 2.45) is 0 Å². The van der Waals surface area contributed by atoms with Crippen LogP contribution in [0.25, 0.3) is 0 Å².